The maximum absolute atomic E-state index is 12.7. The predicted octanol–water partition coefficient (Wildman–Crippen LogP) is 3.17. The van der Waals surface area contributed by atoms with Gasteiger partial charge in [-0.05, 0) is 50.8 Å². The number of benzene rings is 1. The lowest BCUT2D eigenvalue weighted by molar-refractivity contribution is 0.0576. The molecule has 1 N–H and O–H groups in total. The summed E-state index contributed by atoms with van der Waals surface area (Å²) in [5.41, 5.74) is 1.91. The van der Waals surface area contributed by atoms with Crippen LogP contribution < -0.4 is 5.32 Å². The van der Waals surface area contributed by atoms with Gasteiger partial charge in [-0.1, -0.05) is 24.6 Å². The van der Waals surface area contributed by atoms with Gasteiger partial charge in [-0.25, -0.2) is 0 Å². The highest BCUT2D eigenvalue weighted by Gasteiger charge is 2.33. The van der Waals surface area contributed by atoms with Gasteiger partial charge < -0.3 is 14.8 Å². The van der Waals surface area contributed by atoms with Crippen molar-refractivity contribution in [2.24, 2.45) is 13.0 Å². The Morgan fingerprint density at radius 2 is 2.00 bits per heavy atom. The van der Waals surface area contributed by atoms with Crippen LogP contribution in [0.2, 0.25) is 0 Å². The maximum Gasteiger partial charge on any atom is 0.253 e. The number of hydrogen-bond acceptors (Lipinski definition) is 2. The molecule has 2 aliphatic heterocycles. The fourth-order valence-corrected chi connectivity index (χ4v) is 4.66. The van der Waals surface area contributed by atoms with Crippen LogP contribution in [0.4, 0.5) is 0 Å². The van der Waals surface area contributed by atoms with Crippen LogP contribution in [0, 0.1) is 5.92 Å². The van der Waals surface area contributed by atoms with Crippen molar-refractivity contribution in [1.29, 1.82) is 0 Å². The third kappa shape index (κ3) is 2.84. The fraction of sp³-hybridized carbons (Fsp3) is 0.550. The zero-order chi connectivity index (χ0) is 16.5. The average Bonchev–Trinajstić information content (AvgIpc) is 2.97. The number of nitrogens with one attached hydrogen (secondary N) is 1. The highest BCUT2D eigenvalue weighted by atomic mass is 16.1. The van der Waals surface area contributed by atoms with E-state index >= 15 is 0 Å². The molecule has 2 aliphatic rings. The minimum atomic E-state index is 0.0692. The standard InChI is InChI=1S/C20H27N3O/c1-22-14-17(16-8-2-3-10-19(16)22)20(24)21-13-15-7-6-12-23-11-5-4-9-18(15)23/h2-3,8,10,14-15,18H,4-7,9,11-13H2,1H3,(H,21,24)/t15-,18-/m1/s1. The van der Waals surface area contributed by atoms with Crippen molar-refractivity contribution in [3.8, 4) is 0 Å². The molecule has 0 aliphatic carbocycles. The van der Waals surface area contributed by atoms with Gasteiger partial charge in [0, 0.05) is 36.7 Å². The summed E-state index contributed by atoms with van der Waals surface area (Å²) in [4.78, 5) is 15.4. The molecule has 2 atom stereocenters. The zero-order valence-corrected chi connectivity index (χ0v) is 14.5. The molecule has 0 saturated carbocycles. The molecule has 3 heterocycles. The molecular formula is C20H27N3O. The van der Waals surface area contributed by atoms with E-state index in [1.54, 1.807) is 0 Å². The number of amides is 1. The molecule has 4 rings (SSSR count). The minimum absolute atomic E-state index is 0.0692. The van der Waals surface area contributed by atoms with E-state index in [1.165, 1.54) is 45.2 Å². The molecule has 4 nitrogen and oxygen atoms in total. The van der Waals surface area contributed by atoms with Crippen LogP contribution in [0.1, 0.15) is 42.5 Å². The Morgan fingerprint density at radius 3 is 2.92 bits per heavy atom. The van der Waals surface area contributed by atoms with Gasteiger partial charge in [0.15, 0.2) is 0 Å². The lowest BCUT2D eigenvalue weighted by atomic mass is 9.83. The number of aryl methyl sites for hydroxylation is 1. The first kappa shape index (κ1) is 15.7. The van der Waals surface area contributed by atoms with Crippen molar-refractivity contribution in [1.82, 2.24) is 14.8 Å². The average molecular weight is 325 g/mol. The largest absolute Gasteiger partial charge is 0.352 e. The summed E-state index contributed by atoms with van der Waals surface area (Å²) in [7, 11) is 2.00. The number of carbonyl (C=O) groups excluding carboxylic acids is 1. The lowest BCUT2D eigenvalue weighted by Gasteiger charge is -2.44. The summed E-state index contributed by atoms with van der Waals surface area (Å²) in [6.45, 7) is 3.31. The highest BCUT2D eigenvalue weighted by Crippen LogP contribution is 2.30. The SMILES string of the molecule is Cn1cc(C(=O)NC[C@H]2CCCN3CCCC[C@H]23)c2ccccc21. The first-order valence-electron chi connectivity index (χ1n) is 9.30. The minimum Gasteiger partial charge on any atom is -0.352 e. The second-order valence-electron chi connectivity index (χ2n) is 7.38. The summed E-state index contributed by atoms with van der Waals surface area (Å²) < 4.78 is 2.04. The topological polar surface area (TPSA) is 37.3 Å². The number of fused-ring (bicyclic) bond motifs is 2. The van der Waals surface area contributed by atoms with E-state index in [-0.39, 0.29) is 5.91 Å². The Labute approximate surface area is 143 Å². The molecular weight excluding hydrogens is 298 g/mol. The summed E-state index contributed by atoms with van der Waals surface area (Å²) in [5.74, 6) is 0.678. The van der Waals surface area contributed by atoms with Gasteiger partial charge in [0.2, 0.25) is 0 Å². The van der Waals surface area contributed by atoms with Crippen molar-refractivity contribution in [3.05, 3.63) is 36.0 Å². The number of para-hydroxylation sites is 1. The smallest absolute Gasteiger partial charge is 0.253 e. The van der Waals surface area contributed by atoms with E-state index in [1.807, 2.05) is 36.0 Å². The van der Waals surface area contributed by atoms with Crippen molar-refractivity contribution < 1.29 is 4.79 Å². The Bertz CT molecular complexity index is 734. The quantitative estimate of drug-likeness (QED) is 0.941. The van der Waals surface area contributed by atoms with Crippen molar-refractivity contribution in [2.45, 2.75) is 38.1 Å². The van der Waals surface area contributed by atoms with E-state index in [0.29, 0.717) is 12.0 Å². The van der Waals surface area contributed by atoms with Gasteiger partial charge in [-0.3, -0.25) is 4.79 Å². The molecule has 24 heavy (non-hydrogen) atoms. The van der Waals surface area contributed by atoms with Crippen molar-refractivity contribution >= 4 is 16.8 Å². The third-order valence-electron chi connectivity index (χ3n) is 5.90. The van der Waals surface area contributed by atoms with Gasteiger partial charge in [-0.2, -0.15) is 0 Å². The maximum atomic E-state index is 12.7. The van der Waals surface area contributed by atoms with E-state index < -0.39 is 0 Å². The lowest BCUT2D eigenvalue weighted by Crippen LogP contribution is -2.50. The first-order valence-corrected chi connectivity index (χ1v) is 9.30. The van der Waals surface area contributed by atoms with Crippen LogP contribution in [0.25, 0.3) is 10.9 Å². The molecule has 2 saturated heterocycles. The van der Waals surface area contributed by atoms with Crippen molar-refractivity contribution in [2.75, 3.05) is 19.6 Å². The summed E-state index contributed by atoms with van der Waals surface area (Å²) in [6, 6.07) is 8.80. The molecule has 0 unspecified atom stereocenters. The number of hydrogen-bond donors (Lipinski definition) is 1. The van der Waals surface area contributed by atoms with Crippen LogP contribution >= 0.6 is 0 Å². The summed E-state index contributed by atoms with van der Waals surface area (Å²) in [6.07, 6.45) is 8.45. The summed E-state index contributed by atoms with van der Waals surface area (Å²) >= 11 is 0. The van der Waals surface area contributed by atoms with Crippen LogP contribution in [0.3, 0.4) is 0 Å². The molecule has 0 spiro atoms. The third-order valence-corrected chi connectivity index (χ3v) is 5.90. The normalized spacial score (nSPS) is 24.7. The van der Waals surface area contributed by atoms with Crippen LogP contribution in [0.15, 0.2) is 30.5 Å². The predicted molar refractivity (Wildman–Crippen MR) is 97.2 cm³/mol. The van der Waals surface area contributed by atoms with Gasteiger partial charge in [-0.15, -0.1) is 0 Å². The number of carbonyl (C=O) groups is 1. The molecule has 128 valence electrons. The Balaban J connectivity index is 1.46. The van der Waals surface area contributed by atoms with Crippen LogP contribution in [0.5, 0.6) is 0 Å². The number of rotatable bonds is 3. The Hall–Kier alpha value is -1.81. The van der Waals surface area contributed by atoms with E-state index in [9.17, 15) is 4.79 Å². The molecule has 4 heteroatoms. The molecule has 1 aromatic carbocycles. The van der Waals surface area contributed by atoms with Crippen LogP contribution in [-0.2, 0) is 7.05 Å². The molecule has 0 radical (unpaired) electrons. The van der Waals surface area contributed by atoms with Gasteiger partial charge >= 0.3 is 0 Å². The number of piperidine rings is 2. The molecule has 1 amide bonds. The van der Waals surface area contributed by atoms with Crippen LogP contribution in [-0.4, -0.2) is 41.1 Å². The van der Waals surface area contributed by atoms with Crippen molar-refractivity contribution in [3.63, 3.8) is 0 Å². The number of aromatic nitrogens is 1. The molecule has 2 aromatic rings. The zero-order valence-electron chi connectivity index (χ0n) is 14.5. The Morgan fingerprint density at radius 1 is 1.17 bits per heavy atom. The second-order valence-corrected chi connectivity index (χ2v) is 7.38. The number of nitrogens with zero attached hydrogens (tertiary/aromatic N) is 2. The monoisotopic (exact) mass is 325 g/mol. The highest BCUT2D eigenvalue weighted by molar-refractivity contribution is 6.06. The second kappa shape index (κ2) is 6.60. The van der Waals surface area contributed by atoms with E-state index in [0.717, 1.165) is 23.0 Å². The van der Waals surface area contributed by atoms with Gasteiger partial charge in [0.05, 0.1) is 5.56 Å². The van der Waals surface area contributed by atoms with Gasteiger partial charge in [0.1, 0.15) is 0 Å². The van der Waals surface area contributed by atoms with E-state index in [2.05, 4.69) is 16.3 Å². The Kier molecular flexibility index (Phi) is 4.31. The molecule has 2 fully saturated rings. The fourth-order valence-electron chi connectivity index (χ4n) is 4.66. The molecule has 1 aromatic heterocycles. The molecule has 0 bridgehead atoms. The van der Waals surface area contributed by atoms with E-state index in [4.69, 9.17) is 0 Å². The van der Waals surface area contributed by atoms with Gasteiger partial charge in [0.25, 0.3) is 5.91 Å². The summed E-state index contributed by atoms with van der Waals surface area (Å²) in [5, 5.41) is 4.27. The first-order chi connectivity index (χ1) is 11.7.